The van der Waals surface area contributed by atoms with Crippen molar-refractivity contribution in [2.24, 2.45) is 0 Å². The fourth-order valence-corrected chi connectivity index (χ4v) is 4.21. The zero-order valence-corrected chi connectivity index (χ0v) is 14.2. The summed E-state index contributed by atoms with van der Waals surface area (Å²) in [4.78, 5) is 28.7. The number of rotatable bonds is 2. The molecule has 3 aliphatic rings. The molecule has 0 saturated carbocycles. The summed E-state index contributed by atoms with van der Waals surface area (Å²) in [5, 5.41) is 6.63. The lowest BCUT2D eigenvalue weighted by Crippen LogP contribution is -2.42. The van der Waals surface area contributed by atoms with Gasteiger partial charge in [0.05, 0.1) is 10.6 Å². The number of nitrogens with zero attached hydrogens (tertiary/aromatic N) is 2. The van der Waals surface area contributed by atoms with Gasteiger partial charge in [0.25, 0.3) is 5.91 Å². The van der Waals surface area contributed by atoms with Crippen LogP contribution in [-0.2, 0) is 0 Å². The molecule has 3 saturated heterocycles. The molecule has 0 radical (unpaired) electrons. The molecular formula is C17H21ClN4O2. The van der Waals surface area contributed by atoms with Crippen molar-refractivity contribution in [2.75, 3.05) is 31.1 Å². The molecule has 24 heavy (non-hydrogen) atoms. The van der Waals surface area contributed by atoms with Gasteiger partial charge in [-0.25, -0.2) is 4.79 Å². The number of hydrogen-bond donors (Lipinski definition) is 2. The Hall–Kier alpha value is -1.79. The lowest BCUT2D eigenvalue weighted by molar-refractivity contribution is 0.0680. The van der Waals surface area contributed by atoms with E-state index in [0.29, 0.717) is 23.7 Å². The smallest absolute Gasteiger partial charge is 0.321 e. The number of benzene rings is 1. The normalized spacial score (nSPS) is 26.5. The highest BCUT2D eigenvalue weighted by Gasteiger charge is 2.39. The number of anilines is 1. The van der Waals surface area contributed by atoms with Crippen LogP contribution in [0.3, 0.4) is 0 Å². The van der Waals surface area contributed by atoms with E-state index in [1.54, 1.807) is 23.1 Å². The van der Waals surface area contributed by atoms with Crippen LogP contribution < -0.4 is 15.5 Å². The predicted octanol–water partition coefficient (Wildman–Crippen LogP) is 1.84. The second-order valence-corrected chi connectivity index (χ2v) is 7.05. The largest absolute Gasteiger partial charge is 0.336 e. The van der Waals surface area contributed by atoms with Crippen LogP contribution in [0, 0.1) is 0 Å². The molecular weight excluding hydrogens is 328 g/mol. The van der Waals surface area contributed by atoms with Gasteiger partial charge in [-0.3, -0.25) is 9.69 Å². The van der Waals surface area contributed by atoms with Crippen LogP contribution in [0.15, 0.2) is 18.2 Å². The molecule has 1 aromatic carbocycles. The number of halogens is 1. The van der Waals surface area contributed by atoms with E-state index in [0.717, 1.165) is 38.0 Å². The molecule has 0 aromatic heterocycles. The first kappa shape index (κ1) is 15.7. The van der Waals surface area contributed by atoms with Gasteiger partial charge in [-0.1, -0.05) is 11.6 Å². The first-order valence-electron chi connectivity index (χ1n) is 8.53. The van der Waals surface area contributed by atoms with Crippen LogP contribution in [0.25, 0.3) is 0 Å². The zero-order chi connectivity index (χ0) is 16.7. The van der Waals surface area contributed by atoms with Crippen molar-refractivity contribution in [1.29, 1.82) is 0 Å². The highest BCUT2D eigenvalue weighted by atomic mass is 35.5. The Balaban J connectivity index is 1.65. The molecule has 3 aliphatic heterocycles. The van der Waals surface area contributed by atoms with E-state index in [1.807, 2.05) is 4.90 Å². The molecule has 2 bridgehead atoms. The summed E-state index contributed by atoms with van der Waals surface area (Å²) in [5.74, 6) is -0.0161. The number of fused-ring (bicyclic) bond motifs is 2. The molecule has 1 aromatic rings. The second kappa shape index (κ2) is 6.26. The topological polar surface area (TPSA) is 64.7 Å². The standard InChI is InChI=1S/C17H21ClN4O2/c18-15-4-3-12(21-8-7-20-17(21)24)9-14(15)16(23)22-11-1-2-13(22)10-19-6-5-11/h3-4,9,11,13,19H,1-2,5-8,10H2,(H,20,24). The molecule has 2 atom stereocenters. The van der Waals surface area contributed by atoms with Crippen molar-refractivity contribution in [1.82, 2.24) is 15.5 Å². The molecule has 3 amide bonds. The number of carbonyl (C=O) groups excluding carboxylic acids is 2. The summed E-state index contributed by atoms with van der Waals surface area (Å²) in [6, 6.07) is 5.66. The van der Waals surface area contributed by atoms with Gasteiger partial charge in [0.1, 0.15) is 0 Å². The van der Waals surface area contributed by atoms with Gasteiger partial charge in [-0.05, 0) is 44.0 Å². The van der Waals surface area contributed by atoms with E-state index < -0.39 is 0 Å². The van der Waals surface area contributed by atoms with Crippen LogP contribution in [-0.4, -0.2) is 55.1 Å². The molecule has 3 fully saturated rings. The zero-order valence-electron chi connectivity index (χ0n) is 13.4. The van der Waals surface area contributed by atoms with Crippen molar-refractivity contribution >= 4 is 29.2 Å². The van der Waals surface area contributed by atoms with E-state index in [2.05, 4.69) is 10.6 Å². The minimum Gasteiger partial charge on any atom is -0.336 e. The summed E-state index contributed by atoms with van der Waals surface area (Å²) in [6.07, 6.45) is 3.08. The number of urea groups is 1. The molecule has 2 unspecified atom stereocenters. The molecule has 7 heteroatoms. The van der Waals surface area contributed by atoms with Gasteiger partial charge >= 0.3 is 6.03 Å². The molecule has 128 valence electrons. The van der Waals surface area contributed by atoms with E-state index >= 15 is 0 Å². The average molecular weight is 349 g/mol. The summed E-state index contributed by atoms with van der Waals surface area (Å²) >= 11 is 6.33. The van der Waals surface area contributed by atoms with Crippen molar-refractivity contribution in [2.45, 2.75) is 31.3 Å². The van der Waals surface area contributed by atoms with E-state index in [4.69, 9.17) is 11.6 Å². The molecule has 3 heterocycles. The summed E-state index contributed by atoms with van der Waals surface area (Å²) < 4.78 is 0. The predicted molar refractivity (Wildman–Crippen MR) is 92.7 cm³/mol. The minimum atomic E-state index is -0.130. The average Bonchev–Trinajstić information content (AvgIpc) is 3.09. The third-order valence-electron chi connectivity index (χ3n) is 5.24. The minimum absolute atomic E-state index is 0.0161. The number of hydrogen-bond acceptors (Lipinski definition) is 3. The third kappa shape index (κ3) is 2.63. The van der Waals surface area contributed by atoms with Crippen molar-refractivity contribution < 1.29 is 9.59 Å². The fraction of sp³-hybridized carbons (Fsp3) is 0.529. The van der Waals surface area contributed by atoms with Crippen molar-refractivity contribution in [3.05, 3.63) is 28.8 Å². The first-order chi connectivity index (χ1) is 11.6. The molecule has 0 spiro atoms. The van der Waals surface area contributed by atoms with Crippen LogP contribution in [0.4, 0.5) is 10.5 Å². The third-order valence-corrected chi connectivity index (χ3v) is 5.57. The van der Waals surface area contributed by atoms with Gasteiger partial charge < -0.3 is 15.5 Å². The Kier molecular flexibility index (Phi) is 4.10. The Labute approximate surface area is 146 Å². The van der Waals surface area contributed by atoms with E-state index in [9.17, 15) is 9.59 Å². The maximum atomic E-state index is 13.2. The number of carbonyl (C=O) groups is 2. The highest BCUT2D eigenvalue weighted by Crippen LogP contribution is 2.32. The number of amides is 3. The van der Waals surface area contributed by atoms with Gasteiger partial charge in [-0.2, -0.15) is 0 Å². The van der Waals surface area contributed by atoms with E-state index in [1.165, 1.54) is 0 Å². The second-order valence-electron chi connectivity index (χ2n) is 6.64. The van der Waals surface area contributed by atoms with Crippen LogP contribution in [0.5, 0.6) is 0 Å². The molecule has 0 aliphatic carbocycles. The van der Waals surface area contributed by atoms with Gasteiger partial charge in [-0.15, -0.1) is 0 Å². The molecule has 4 rings (SSSR count). The quantitative estimate of drug-likeness (QED) is 0.857. The Morgan fingerprint density at radius 2 is 2.00 bits per heavy atom. The lowest BCUT2D eigenvalue weighted by Gasteiger charge is -2.28. The van der Waals surface area contributed by atoms with Crippen LogP contribution >= 0.6 is 11.6 Å². The summed E-state index contributed by atoms with van der Waals surface area (Å²) in [6.45, 7) is 3.01. The highest BCUT2D eigenvalue weighted by molar-refractivity contribution is 6.34. The monoisotopic (exact) mass is 348 g/mol. The van der Waals surface area contributed by atoms with Crippen LogP contribution in [0.2, 0.25) is 5.02 Å². The maximum absolute atomic E-state index is 13.2. The molecule has 2 N–H and O–H groups in total. The number of nitrogens with one attached hydrogen (secondary N) is 2. The van der Waals surface area contributed by atoms with Crippen LogP contribution in [0.1, 0.15) is 29.6 Å². The maximum Gasteiger partial charge on any atom is 0.321 e. The Morgan fingerprint density at radius 3 is 2.79 bits per heavy atom. The van der Waals surface area contributed by atoms with Crippen molar-refractivity contribution in [3.63, 3.8) is 0 Å². The van der Waals surface area contributed by atoms with Gasteiger partial charge in [0, 0.05) is 37.4 Å². The molecule has 6 nitrogen and oxygen atoms in total. The van der Waals surface area contributed by atoms with Gasteiger partial charge in [0.15, 0.2) is 0 Å². The Bertz CT molecular complexity index is 667. The SMILES string of the molecule is O=C1NCCN1c1ccc(Cl)c(C(=O)N2C3CCNCC2CC3)c1. The van der Waals surface area contributed by atoms with Crippen molar-refractivity contribution in [3.8, 4) is 0 Å². The Morgan fingerprint density at radius 1 is 1.17 bits per heavy atom. The first-order valence-corrected chi connectivity index (χ1v) is 8.91. The van der Waals surface area contributed by atoms with Gasteiger partial charge in [0.2, 0.25) is 0 Å². The summed E-state index contributed by atoms with van der Waals surface area (Å²) in [5.41, 5.74) is 1.21. The lowest BCUT2D eigenvalue weighted by atomic mass is 10.1. The van der Waals surface area contributed by atoms with E-state index in [-0.39, 0.29) is 24.0 Å². The summed E-state index contributed by atoms with van der Waals surface area (Å²) in [7, 11) is 0. The fourth-order valence-electron chi connectivity index (χ4n) is 4.02.